The number of nitrogens with zero attached hydrogens (tertiary/aromatic N) is 1. The van der Waals surface area contributed by atoms with Crippen LogP contribution in [0.4, 0.5) is 0 Å². The minimum Gasteiger partial charge on any atom is -0.489 e. The van der Waals surface area contributed by atoms with Crippen molar-refractivity contribution in [3.63, 3.8) is 0 Å². The number of thiazole rings is 1. The molecule has 25 heavy (non-hydrogen) atoms. The van der Waals surface area contributed by atoms with Crippen LogP contribution in [-0.2, 0) is 10.4 Å². The summed E-state index contributed by atoms with van der Waals surface area (Å²) in [4.78, 5) is 26.7. The van der Waals surface area contributed by atoms with Gasteiger partial charge >= 0.3 is 0 Å². The van der Waals surface area contributed by atoms with Gasteiger partial charge in [0.15, 0.2) is 17.4 Å². The summed E-state index contributed by atoms with van der Waals surface area (Å²) < 4.78 is 5.65. The van der Waals surface area contributed by atoms with Gasteiger partial charge in [0.05, 0.1) is 10.6 Å². The van der Waals surface area contributed by atoms with Gasteiger partial charge in [-0.15, -0.1) is 11.3 Å². The molecule has 0 saturated carbocycles. The molecule has 1 amide bonds. The molecule has 2 aromatic rings. The fourth-order valence-corrected chi connectivity index (χ4v) is 3.33. The Morgan fingerprint density at radius 2 is 2.32 bits per heavy atom. The molecule has 7 nitrogen and oxygen atoms in total. The quantitative estimate of drug-likeness (QED) is 0.528. The summed E-state index contributed by atoms with van der Waals surface area (Å²) >= 11 is 1.02. The summed E-state index contributed by atoms with van der Waals surface area (Å²) in [5.74, 6) is 4.87. The molecule has 0 radical (unpaired) electrons. The van der Waals surface area contributed by atoms with Gasteiger partial charge < -0.3 is 20.7 Å². The van der Waals surface area contributed by atoms with E-state index in [9.17, 15) is 19.8 Å². The lowest BCUT2D eigenvalue weighted by Crippen LogP contribution is -2.27. The SMILES string of the molecule is C[C@@]1(O)COc2ccc(C#CC(O)C=O)cc2-c2nc(C(N)=O)sc21. The molecule has 8 heteroatoms. The van der Waals surface area contributed by atoms with Crippen LogP contribution in [0.15, 0.2) is 18.2 Å². The largest absolute Gasteiger partial charge is 0.489 e. The fourth-order valence-electron chi connectivity index (χ4n) is 2.37. The number of ether oxygens (including phenoxy) is 1. The Bertz CT molecular complexity index is 923. The van der Waals surface area contributed by atoms with Gasteiger partial charge in [0.25, 0.3) is 5.91 Å². The zero-order valence-electron chi connectivity index (χ0n) is 13.1. The van der Waals surface area contributed by atoms with E-state index >= 15 is 0 Å². The van der Waals surface area contributed by atoms with E-state index in [0.29, 0.717) is 33.7 Å². The Kier molecular flexibility index (Phi) is 4.30. The van der Waals surface area contributed by atoms with Crippen molar-refractivity contribution in [2.45, 2.75) is 18.6 Å². The molecule has 1 aliphatic rings. The van der Waals surface area contributed by atoms with Gasteiger partial charge in [-0.05, 0) is 25.1 Å². The minimum absolute atomic E-state index is 0.0116. The van der Waals surface area contributed by atoms with E-state index in [4.69, 9.17) is 10.5 Å². The molecule has 4 N–H and O–H groups in total. The zero-order valence-corrected chi connectivity index (χ0v) is 14.0. The Hall–Kier alpha value is -2.73. The van der Waals surface area contributed by atoms with Gasteiger partial charge in [0, 0.05) is 11.1 Å². The van der Waals surface area contributed by atoms with Gasteiger partial charge in [-0.2, -0.15) is 0 Å². The van der Waals surface area contributed by atoms with E-state index in [0.717, 1.165) is 11.3 Å². The van der Waals surface area contributed by atoms with Crippen LogP contribution in [0.5, 0.6) is 5.75 Å². The van der Waals surface area contributed by atoms with Crippen molar-refractivity contribution in [1.82, 2.24) is 4.98 Å². The molecule has 2 heterocycles. The highest BCUT2D eigenvalue weighted by Gasteiger charge is 2.36. The van der Waals surface area contributed by atoms with Crippen LogP contribution >= 0.6 is 11.3 Å². The molecule has 3 rings (SSSR count). The zero-order chi connectivity index (χ0) is 18.2. The third-order valence-corrected chi connectivity index (χ3v) is 4.89. The maximum Gasteiger partial charge on any atom is 0.277 e. The number of primary amides is 1. The molecule has 128 valence electrons. The number of carbonyl (C=O) groups excluding carboxylic acids is 2. The second kappa shape index (κ2) is 6.29. The molecule has 1 aliphatic heterocycles. The fraction of sp³-hybridized carbons (Fsp3) is 0.235. The third kappa shape index (κ3) is 3.25. The van der Waals surface area contributed by atoms with Gasteiger partial charge in [-0.3, -0.25) is 9.59 Å². The third-order valence-electron chi connectivity index (χ3n) is 3.56. The van der Waals surface area contributed by atoms with Crippen LogP contribution < -0.4 is 10.5 Å². The lowest BCUT2D eigenvalue weighted by molar-refractivity contribution is -0.112. The first-order valence-electron chi connectivity index (χ1n) is 7.27. The van der Waals surface area contributed by atoms with Gasteiger partial charge in [-0.1, -0.05) is 11.8 Å². The molecule has 0 bridgehead atoms. The summed E-state index contributed by atoms with van der Waals surface area (Å²) in [7, 11) is 0. The molecular weight excluding hydrogens is 344 g/mol. The van der Waals surface area contributed by atoms with Crippen LogP contribution in [0.25, 0.3) is 11.3 Å². The number of amides is 1. The average Bonchev–Trinajstić information content (AvgIpc) is 3.01. The van der Waals surface area contributed by atoms with E-state index in [1.165, 1.54) is 0 Å². The highest BCUT2D eigenvalue weighted by Crippen LogP contribution is 2.43. The second-order valence-corrected chi connectivity index (χ2v) is 6.68. The molecule has 1 aromatic carbocycles. The summed E-state index contributed by atoms with van der Waals surface area (Å²) in [5, 5.41) is 20.0. The number of hydrogen-bond acceptors (Lipinski definition) is 7. The molecule has 0 spiro atoms. The van der Waals surface area contributed by atoms with Crippen molar-refractivity contribution >= 4 is 23.5 Å². The smallest absolute Gasteiger partial charge is 0.277 e. The number of aromatic nitrogens is 1. The Balaban J connectivity index is 2.16. The highest BCUT2D eigenvalue weighted by atomic mass is 32.1. The number of benzene rings is 1. The van der Waals surface area contributed by atoms with Crippen molar-refractivity contribution in [2.75, 3.05) is 6.61 Å². The molecule has 1 unspecified atom stereocenters. The van der Waals surface area contributed by atoms with Crippen LogP contribution in [0.1, 0.15) is 27.2 Å². The minimum atomic E-state index is -1.37. The lowest BCUT2D eigenvalue weighted by Gasteiger charge is -2.19. The standard InChI is InChI=1S/C17H14N2O5S/c1-17(23)8-24-12-5-3-9(2-4-10(21)7-20)6-11(12)13-14(17)25-16(19-13)15(18)22/h3,5-7,10,21,23H,8H2,1H3,(H2,18,22)/t10?,17-/m1/s1. The predicted molar refractivity (Wildman–Crippen MR) is 90.1 cm³/mol. The maximum absolute atomic E-state index is 11.5. The summed E-state index contributed by atoms with van der Waals surface area (Å²) in [5.41, 5.74) is 5.44. The van der Waals surface area contributed by atoms with Crippen LogP contribution in [0.2, 0.25) is 0 Å². The van der Waals surface area contributed by atoms with Gasteiger partial charge in [0.2, 0.25) is 0 Å². The Labute approximate surface area is 147 Å². The molecule has 1 aromatic heterocycles. The van der Waals surface area contributed by atoms with E-state index in [2.05, 4.69) is 16.8 Å². The van der Waals surface area contributed by atoms with Crippen LogP contribution in [-0.4, -0.2) is 40.1 Å². The first kappa shape index (κ1) is 17.1. The van der Waals surface area contributed by atoms with E-state index in [1.807, 2.05) is 0 Å². The number of carbonyl (C=O) groups is 2. The van der Waals surface area contributed by atoms with E-state index in [1.54, 1.807) is 25.1 Å². The number of aliphatic hydroxyl groups excluding tert-OH is 1. The Morgan fingerprint density at radius 1 is 1.56 bits per heavy atom. The summed E-state index contributed by atoms with van der Waals surface area (Å²) in [6.45, 7) is 1.56. The number of hydrogen-bond donors (Lipinski definition) is 3. The number of rotatable bonds is 2. The molecule has 0 aliphatic carbocycles. The molecule has 2 atom stereocenters. The first-order chi connectivity index (χ1) is 11.8. The lowest BCUT2D eigenvalue weighted by atomic mass is 10.0. The molecular formula is C17H14N2O5S. The number of fused-ring (bicyclic) bond motifs is 3. The highest BCUT2D eigenvalue weighted by molar-refractivity contribution is 7.14. The van der Waals surface area contributed by atoms with Crippen molar-refractivity contribution in [2.24, 2.45) is 5.73 Å². The van der Waals surface area contributed by atoms with Crippen molar-refractivity contribution in [3.8, 4) is 28.8 Å². The second-order valence-electron chi connectivity index (χ2n) is 5.68. The normalized spacial score (nSPS) is 19.3. The molecule has 0 saturated heterocycles. The number of aliphatic hydroxyl groups is 2. The van der Waals surface area contributed by atoms with Crippen molar-refractivity contribution in [3.05, 3.63) is 33.6 Å². The summed E-state index contributed by atoms with van der Waals surface area (Å²) in [6, 6.07) is 4.97. The van der Waals surface area contributed by atoms with Crippen molar-refractivity contribution < 1.29 is 24.5 Å². The number of nitrogens with two attached hydrogens (primary N) is 1. The van der Waals surface area contributed by atoms with Gasteiger partial charge in [0.1, 0.15) is 18.0 Å². The van der Waals surface area contributed by atoms with Gasteiger partial charge in [-0.25, -0.2) is 4.98 Å². The van der Waals surface area contributed by atoms with Crippen LogP contribution in [0, 0.1) is 11.8 Å². The predicted octanol–water partition coefficient (Wildman–Crippen LogP) is 0.420. The topological polar surface area (TPSA) is 123 Å². The maximum atomic E-state index is 11.5. The van der Waals surface area contributed by atoms with Crippen LogP contribution in [0.3, 0.4) is 0 Å². The first-order valence-corrected chi connectivity index (χ1v) is 8.09. The summed E-state index contributed by atoms with van der Waals surface area (Å²) in [6.07, 6.45) is -1.04. The van der Waals surface area contributed by atoms with Crippen molar-refractivity contribution in [1.29, 1.82) is 0 Å². The van der Waals surface area contributed by atoms with E-state index < -0.39 is 17.6 Å². The average molecular weight is 358 g/mol. The molecule has 0 fully saturated rings. The van der Waals surface area contributed by atoms with E-state index in [-0.39, 0.29) is 11.6 Å². The monoisotopic (exact) mass is 358 g/mol. The number of aldehydes is 1. The Morgan fingerprint density at radius 3 is 3.00 bits per heavy atom.